The number of phenols is 1. The van der Waals surface area contributed by atoms with E-state index in [2.05, 4.69) is 15.9 Å². The van der Waals surface area contributed by atoms with Gasteiger partial charge in [-0.2, -0.15) is 13.2 Å². The highest BCUT2D eigenvalue weighted by atomic mass is 79.9. The molecule has 0 saturated heterocycles. The number of aromatic hydroxyl groups is 1. The van der Waals surface area contributed by atoms with Crippen LogP contribution in [0, 0.1) is 0 Å². The fraction of sp³-hybridized carbons (Fsp3) is 0.333. The van der Waals surface area contributed by atoms with Gasteiger partial charge in [-0.25, -0.2) is 0 Å². The zero-order valence-corrected chi connectivity index (χ0v) is 9.14. The molecule has 0 amide bonds. The highest BCUT2D eigenvalue weighted by Gasteiger charge is 2.31. The molecule has 15 heavy (non-hydrogen) atoms. The van der Waals surface area contributed by atoms with E-state index < -0.39 is 18.6 Å². The van der Waals surface area contributed by atoms with Crippen molar-refractivity contribution >= 4 is 15.9 Å². The Morgan fingerprint density at radius 3 is 2.47 bits per heavy atom. The Balaban J connectivity index is 2.87. The van der Waals surface area contributed by atoms with Crippen LogP contribution in [0.15, 0.2) is 22.7 Å². The first kappa shape index (κ1) is 12.3. The second-order valence-electron chi connectivity index (χ2n) is 3.13. The van der Waals surface area contributed by atoms with Crippen LogP contribution in [0.4, 0.5) is 13.2 Å². The number of hydrogen-bond acceptors (Lipinski definition) is 2. The van der Waals surface area contributed by atoms with Gasteiger partial charge < -0.3 is 10.8 Å². The van der Waals surface area contributed by atoms with Gasteiger partial charge in [-0.3, -0.25) is 0 Å². The van der Waals surface area contributed by atoms with E-state index in [1.807, 2.05) is 0 Å². The maximum absolute atomic E-state index is 12.0. The van der Waals surface area contributed by atoms with Crippen molar-refractivity contribution in [2.45, 2.75) is 18.6 Å². The van der Waals surface area contributed by atoms with Crippen LogP contribution >= 0.6 is 15.9 Å². The molecule has 3 N–H and O–H groups in total. The molecular weight excluding hydrogens is 275 g/mol. The SMILES string of the molecule is N[C@H](CC(F)(F)F)c1ccc(Br)cc1O. The fourth-order valence-electron chi connectivity index (χ4n) is 1.19. The van der Waals surface area contributed by atoms with Gasteiger partial charge in [0.1, 0.15) is 5.75 Å². The summed E-state index contributed by atoms with van der Waals surface area (Å²) in [5.74, 6) is -0.235. The number of alkyl halides is 3. The van der Waals surface area contributed by atoms with Gasteiger partial charge in [-0.15, -0.1) is 0 Å². The van der Waals surface area contributed by atoms with Crippen LogP contribution in [0.1, 0.15) is 18.0 Å². The van der Waals surface area contributed by atoms with Gasteiger partial charge in [-0.1, -0.05) is 22.0 Å². The van der Waals surface area contributed by atoms with E-state index >= 15 is 0 Å². The molecule has 0 saturated carbocycles. The molecule has 0 fully saturated rings. The number of rotatable bonds is 2. The molecular formula is C9H9BrF3NO. The van der Waals surface area contributed by atoms with Crippen LogP contribution in [0.25, 0.3) is 0 Å². The minimum absolute atomic E-state index is 0.0931. The second-order valence-corrected chi connectivity index (χ2v) is 4.04. The maximum atomic E-state index is 12.0. The first-order chi connectivity index (χ1) is 6.79. The number of hydrogen-bond donors (Lipinski definition) is 2. The normalized spacial score (nSPS) is 13.9. The summed E-state index contributed by atoms with van der Waals surface area (Å²) in [5, 5.41) is 9.38. The number of halogens is 4. The van der Waals surface area contributed by atoms with Crippen molar-refractivity contribution in [1.82, 2.24) is 0 Å². The molecule has 84 valence electrons. The molecule has 0 radical (unpaired) electrons. The van der Waals surface area contributed by atoms with Crippen molar-refractivity contribution in [2.75, 3.05) is 0 Å². The minimum Gasteiger partial charge on any atom is -0.508 e. The lowest BCUT2D eigenvalue weighted by atomic mass is 10.0. The largest absolute Gasteiger partial charge is 0.508 e. The first-order valence-electron chi connectivity index (χ1n) is 4.10. The molecule has 1 aromatic carbocycles. The molecule has 0 aromatic heterocycles. The smallest absolute Gasteiger partial charge is 0.390 e. The third-order valence-corrected chi connectivity index (χ3v) is 2.34. The number of phenolic OH excluding ortho intramolecular Hbond substituents is 1. The van der Waals surface area contributed by atoms with Crippen LogP contribution in [-0.4, -0.2) is 11.3 Å². The second kappa shape index (κ2) is 4.40. The summed E-state index contributed by atoms with van der Waals surface area (Å²) >= 11 is 3.08. The van der Waals surface area contributed by atoms with Crippen LogP contribution in [0.3, 0.4) is 0 Å². The highest BCUT2D eigenvalue weighted by Crippen LogP contribution is 2.33. The molecule has 2 nitrogen and oxygen atoms in total. The van der Waals surface area contributed by atoms with Gasteiger partial charge in [0.2, 0.25) is 0 Å². The maximum Gasteiger partial charge on any atom is 0.390 e. The fourth-order valence-corrected chi connectivity index (χ4v) is 1.54. The van der Waals surface area contributed by atoms with Crippen LogP contribution in [0.5, 0.6) is 5.75 Å². The van der Waals surface area contributed by atoms with Gasteiger partial charge in [0.25, 0.3) is 0 Å². The standard InChI is InChI=1S/C9H9BrF3NO/c10-5-1-2-6(8(15)3-5)7(14)4-9(11,12)13/h1-3,7,15H,4,14H2/t7-/m1/s1. The van der Waals surface area contributed by atoms with Gasteiger partial charge in [-0.05, 0) is 12.1 Å². The Labute approximate surface area is 93.0 Å². The molecule has 1 atom stereocenters. The molecule has 0 spiro atoms. The van der Waals surface area contributed by atoms with Crippen LogP contribution in [-0.2, 0) is 0 Å². The summed E-state index contributed by atoms with van der Waals surface area (Å²) in [6.07, 6.45) is -5.48. The Hall–Kier alpha value is -0.750. The quantitative estimate of drug-likeness (QED) is 0.876. The van der Waals surface area contributed by atoms with E-state index in [0.717, 1.165) is 0 Å². The third-order valence-electron chi connectivity index (χ3n) is 1.84. The molecule has 6 heteroatoms. The van der Waals surface area contributed by atoms with Gasteiger partial charge in [0.15, 0.2) is 0 Å². The van der Waals surface area contributed by atoms with Gasteiger partial charge >= 0.3 is 6.18 Å². The van der Waals surface area contributed by atoms with E-state index in [0.29, 0.717) is 4.47 Å². The van der Waals surface area contributed by atoms with Crippen molar-refractivity contribution in [3.05, 3.63) is 28.2 Å². The van der Waals surface area contributed by atoms with E-state index in [1.54, 1.807) is 0 Å². The number of benzene rings is 1. The minimum atomic E-state index is -4.33. The summed E-state index contributed by atoms with van der Waals surface area (Å²) in [5.41, 5.74) is 5.43. The molecule has 1 aromatic rings. The molecule has 1 rings (SSSR count). The van der Waals surface area contributed by atoms with Crippen molar-refractivity contribution in [3.8, 4) is 5.75 Å². The molecule has 0 aliphatic heterocycles. The van der Waals surface area contributed by atoms with Crippen LogP contribution < -0.4 is 5.73 Å². The van der Waals surface area contributed by atoms with Crippen molar-refractivity contribution in [2.24, 2.45) is 5.73 Å². The van der Waals surface area contributed by atoms with E-state index in [9.17, 15) is 18.3 Å². The van der Waals surface area contributed by atoms with Crippen molar-refractivity contribution in [1.29, 1.82) is 0 Å². The predicted octanol–water partition coefficient (Wildman–Crippen LogP) is 3.11. The topological polar surface area (TPSA) is 46.2 Å². The average molecular weight is 284 g/mol. The number of nitrogens with two attached hydrogens (primary N) is 1. The summed E-state index contributed by atoms with van der Waals surface area (Å²) in [4.78, 5) is 0. The summed E-state index contributed by atoms with van der Waals surface area (Å²) in [6.45, 7) is 0. The Morgan fingerprint density at radius 1 is 1.40 bits per heavy atom. The van der Waals surface area contributed by atoms with E-state index in [-0.39, 0.29) is 11.3 Å². The summed E-state index contributed by atoms with van der Waals surface area (Å²) in [6, 6.07) is 2.98. The van der Waals surface area contributed by atoms with E-state index in [1.165, 1.54) is 18.2 Å². The molecule has 0 aliphatic carbocycles. The van der Waals surface area contributed by atoms with Crippen molar-refractivity contribution in [3.63, 3.8) is 0 Å². The van der Waals surface area contributed by atoms with Gasteiger partial charge in [0, 0.05) is 16.1 Å². The molecule has 0 unspecified atom stereocenters. The summed E-state index contributed by atoms with van der Waals surface area (Å²) < 4.78 is 36.7. The zero-order chi connectivity index (χ0) is 11.6. The Morgan fingerprint density at radius 2 is 2.00 bits per heavy atom. The monoisotopic (exact) mass is 283 g/mol. The predicted molar refractivity (Wildman–Crippen MR) is 53.4 cm³/mol. The Bertz CT molecular complexity index is 354. The summed E-state index contributed by atoms with van der Waals surface area (Å²) in [7, 11) is 0. The lowest BCUT2D eigenvalue weighted by molar-refractivity contribution is -0.138. The Kier molecular flexibility index (Phi) is 3.62. The lowest BCUT2D eigenvalue weighted by Gasteiger charge is -2.15. The third kappa shape index (κ3) is 3.71. The van der Waals surface area contributed by atoms with E-state index in [4.69, 9.17) is 5.73 Å². The molecule has 0 bridgehead atoms. The highest BCUT2D eigenvalue weighted by molar-refractivity contribution is 9.10. The first-order valence-corrected chi connectivity index (χ1v) is 4.89. The van der Waals surface area contributed by atoms with Gasteiger partial charge in [0.05, 0.1) is 6.42 Å². The molecule has 0 aliphatic rings. The zero-order valence-electron chi connectivity index (χ0n) is 7.55. The average Bonchev–Trinajstić information content (AvgIpc) is 1.99. The molecule has 0 heterocycles. The van der Waals surface area contributed by atoms with Crippen LogP contribution in [0.2, 0.25) is 0 Å². The van der Waals surface area contributed by atoms with Crippen molar-refractivity contribution < 1.29 is 18.3 Å². The lowest BCUT2D eigenvalue weighted by Crippen LogP contribution is -2.20.